The average Bonchev–Trinajstić information content (AvgIpc) is 3.00. The van der Waals surface area contributed by atoms with E-state index in [4.69, 9.17) is 0 Å². The topological polar surface area (TPSA) is 24.4 Å². The Morgan fingerprint density at radius 1 is 1.13 bits per heavy atom. The summed E-state index contributed by atoms with van der Waals surface area (Å²) in [6.07, 6.45) is 14.3. The first-order valence-corrected chi connectivity index (χ1v) is 12.4. The molecule has 2 aliphatic rings. The van der Waals surface area contributed by atoms with Gasteiger partial charge in [-0.15, -0.1) is 11.8 Å². The van der Waals surface area contributed by atoms with Gasteiger partial charge in [0, 0.05) is 29.3 Å². The zero-order chi connectivity index (χ0) is 22.2. The van der Waals surface area contributed by atoms with Crippen LogP contribution in [0.2, 0.25) is 0 Å². The zero-order valence-electron chi connectivity index (χ0n) is 19.8. The summed E-state index contributed by atoms with van der Waals surface area (Å²) in [4.78, 5) is 6.00. The SMILES string of the molecule is C/C=C\C=C1/CC=CC(C)=C(CSc2ccccc2C2=NCCCN2)C1.CC.CC. The third kappa shape index (κ3) is 8.39. The van der Waals surface area contributed by atoms with E-state index in [9.17, 15) is 0 Å². The van der Waals surface area contributed by atoms with Crippen LogP contribution >= 0.6 is 11.8 Å². The predicted molar refractivity (Wildman–Crippen MR) is 138 cm³/mol. The molecule has 0 spiro atoms. The van der Waals surface area contributed by atoms with E-state index in [-0.39, 0.29) is 0 Å². The van der Waals surface area contributed by atoms with Crippen molar-refractivity contribution in [3.63, 3.8) is 0 Å². The molecule has 164 valence electrons. The molecule has 1 N–H and O–H groups in total. The number of hydrogen-bond acceptors (Lipinski definition) is 3. The van der Waals surface area contributed by atoms with Gasteiger partial charge in [-0.25, -0.2) is 0 Å². The van der Waals surface area contributed by atoms with Crippen LogP contribution in [-0.4, -0.2) is 24.7 Å². The van der Waals surface area contributed by atoms with Gasteiger partial charge in [0.2, 0.25) is 0 Å². The van der Waals surface area contributed by atoms with E-state index in [1.54, 1.807) is 0 Å². The van der Waals surface area contributed by atoms with Crippen molar-refractivity contribution < 1.29 is 0 Å². The molecule has 0 fully saturated rings. The molecule has 0 saturated heterocycles. The summed E-state index contributed by atoms with van der Waals surface area (Å²) < 4.78 is 0. The lowest BCUT2D eigenvalue weighted by atomic mass is 10.0. The van der Waals surface area contributed by atoms with Gasteiger partial charge in [0.05, 0.1) is 0 Å². The van der Waals surface area contributed by atoms with Crippen LogP contribution in [0.15, 0.2) is 81.3 Å². The largest absolute Gasteiger partial charge is 0.370 e. The highest BCUT2D eigenvalue weighted by Crippen LogP contribution is 2.31. The highest BCUT2D eigenvalue weighted by molar-refractivity contribution is 7.99. The van der Waals surface area contributed by atoms with E-state index in [0.29, 0.717) is 0 Å². The molecule has 0 radical (unpaired) electrons. The number of allylic oxidation sites excluding steroid dienone is 7. The van der Waals surface area contributed by atoms with E-state index < -0.39 is 0 Å². The summed E-state index contributed by atoms with van der Waals surface area (Å²) >= 11 is 1.93. The van der Waals surface area contributed by atoms with E-state index in [0.717, 1.165) is 43.9 Å². The molecule has 1 aromatic carbocycles. The van der Waals surface area contributed by atoms with Crippen LogP contribution in [0.5, 0.6) is 0 Å². The van der Waals surface area contributed by atoms with Crippen molar-refractivity contribution in [1.29, 1.82) is 0 Å². The second-order valence-electron chi connectivity index (χ2n) is 6.72. The minimum absolute atomic E-state index is 0.926. The number of aliphatic imine (C=N–C) groups is 1. The first kappa shape index (κ1) is 26.0. The van der Waals surface area contributed by atoms with Crippen LogP contribution < -0.4 is 5.32 Å². The van der Waals surface area contributed by atoms with Crippen molar-refractivity contribution in [2.45, 2.75) is 65.7 Å². The number of nitrogens with zero attached hydrogens (tertiary/aromatic N) is 1. The second kappa shape index (κ2) is 15.8. The van der Waals surface area contributed by atoms with Crippen LogP contribution in [0.25, 0.3) is 0 Å². The monoisotopic (exact) mass is 424 g/mol. The quantitative estimate of drug-likeness (QED) is 0.489. The van der Waals surface area contributed by atoms with Crippen molar-refractivity contribution in [3.05, 3.63) is 76.9 Å². The van der Waals surface area contributed by atoms with Crippen LogP contribution in [0, 0.1) is 0 Å². The molecular formula is C27H40N2S. The van der Waals surface area contributed by atoms with Crippen molar-refractivity contribution in [1.82, 2.24) is 5.32 Å². The Morgan fingerprint density at radius 2 is 1.90 bits per heavy atom. The molecule has 1 heterocycles. The Labute approximate surface area is 189 Å². The van der Waals surface area contributed by atoms with Gasteiger partial charge in [0.15, 0.2) is 0 Å². The number of nitrogens with one attached hydrogen (secondary N) is 1. The van der Waals surface area contributed by atoms with Gasteiger partial charge in [-0.1, -0.05) is 93.0 Å². The molecular weight excluding hydrogens is 384 g/mol. The molecule has 1 aliphatic carbocycles. The van der Waals surface area contributed by atoms with Gasteiger partial charge in [0.1, 0.15) is 5.84 Å². The number of hydrogen-bond donors (Lipinski definition) is 1. The zero-order valence-corrected chi connectivity index (χ0v) is 20.6. The first-order chi connectivity index (χ1) is 14.8. The van der Waals surface area contributed by atoms with Gasteiger partial charge in [-0.3, -0.25) is 4.99 Å². The molecule has 0 saturated carbocycles. The normalized spacial score (nSPS) is 17.4. The maximum atomic E-state index is 4.68. The fraction of sp³-hybridized carbons (Fsp3) is 0.444. The average molecular weight is 425 g/mol. The molecule has 0 bridgehead atoms. The number of rotatable bonds is 5. The molecule has 0 atom stereocenters. The van der Waals surface area contributed by atoms with Crippen LogP contribution in [0.1, 0.15) is 66.4 Å². The van der Waals surface area contributed by atoms with E-state index in [2.05, 4.69) is 78.8 Å². The van der Waals surface area contributed by atoms with Gasteiger partial charge in [-0.2, -0.15) is 0 Å². The Hall–Kier alpha value is -2.00. The van der Waals surface area contributed by atoms with Crippen molar-refractivity contribution in [2.24, 2.45) is 4.99 Å². The van der Waals surface area contributed by atoms with E-state index in [1.807, 2.05) is 39.5 Å². The number of benzene rings is 1. The third-order valence-electron chi connectivity index (χ3n) is 4.71. The van der Waals surface area contributed by atoms with Gasteiger partial charge in [0.25, 0.3) is 0 Å². The van der Waals surface area contributed by atoms with Crippen molar-refractivity contribution in [3.8, 4) is 0 Å². The Morgan fingerprint density at radius 3 is 2.60 bits per heavy atom. The molecule has 30 heavy (non-hydrogen) atoms. The Kier molecular flexibility index (Phi) is 13.7. The lowest BCUT2D eigenvalue weighted by Gasteiger charge is -2.18. The Bertz CT molecular complexity index is 782. The molecule has 3 heteroatoms. The maximum Gasteiger partial charge on any atom is 0.129 e. The lowest BCUT2D eigenvalue weighted by molar-refractivity contribution is 0.741. The predicted octanol–water partition coefficient (Wildman–Crippen LogP) is 7.74. The van der Waals surface area contributed by atoms with Gasteiger partial charge < -0.3 is 5.32 Å². The molecule has 0 amide bonds. The van der Waals surface area contributed by atoms with E-state index >= 15 is 0 Å². The van der Waals surface area contributed by atoms with Gasteiger partial charge in [-0.05, 0) is 39.2 Å². The fourth-order valence-corrected chi connectivity index (χ4v) is 4.34. The summed E-state index contributed by atoms with van der Waals surface area (Å²) in [5.41, 5.74) is 5.66. The lowest BCUT2D eigenvalue weighted by Crippen LogP contribution is -2.30. The molecule has 2 nitrogen and oxygen atoms in total. The maximum absolute atomic E-state index is 4.68. The smallest absolute Gasteiger partial charge is 0.129 e. The Balaban J connectivity index is 0.00000106. The van der Waals surface area contributed by atoms with E-state index in [1.165, 1.54) is 27.2 Å². The fourth-order valence-electron chi connectivity index (χ4n) is 3.18. The standard InChI is InChI=1S/C23H28N2S.2C2H6/c1-3-4-10-19-11-7-9-18(2)20(16-19)17-26-22-13-6-5-12-21(22)23-24-14-8-15-25-23;2*1-2/h3-7,9-10,12-13H,8,11,14-17H2,1-2H3,(H,24,25);2*1-2H3/b4-3-,19-10+;;. The van der Waals surface area contributed by atoms with Gasteiger partial charge >= 0.3 is 0 Å². The minimum atomic E-state index is 0.926. The summed E-state index contributed by atoms with van der Waals surface area (Å²) in [6, 6.07) is 8.64. The van der Waals surface area contributed by atoms with Crippen LogP contribution in [-0.2, 0) is 0 Å². The highest BCUT2D eigenvalue weighted by Gasteiger charge is 2.14. The molecule has 0 aromatic heterocycles. The summed E-state index contributed by atoms with van der Waals surface area (Å²) in [5.74, 6) is 2.08. The van der Waals surface area contributed by atoms with Crippen LogP contribution in [0.3, 0.4) is 0 Å². The van der Waals surface area contributed by atoms with Crippen molar-refractivity contribution in [2.75, 3.05) is 18.8 Å². The molecule has 3 rings (SSSR count). The summed E-state index contributed by atoms with van der Waals surface area (Å²) in [5, 5.41) is 3.46. The minimum Gasteiger partial charge on any atom is -0.370 e. The first-order valence-electron chi connectivity index (χ1n) is 11.4. The summed E-state index contributed by atoms with van der Waals surface area (Å²) in [7, 11) is 0. The summed E-state index contributed by atoms with van der Waals surface area (Å²) in [6.45, 7) is 14.3. The molecule has 1 aliphatic heterocycles. The second-order valence-corrected chi connectivity index (χ2v) is 7.73. The number of amidine groups is 1. The van der Waals surface area contributed by atoms with Crippen LogP contribution in [0.4, 0.5) is 0 Å². The van der Waals surface area contributed by atoms with Crippen molar-refractivity contribution >= 4 is 17.6 Å². The highest BCUT2D eigenvalue weighted by atomic mass is 32.2. The number of thioether (sulfide) groups is 1. The molecule has 0 unspecified atom stereocenters. The molecule has 1 aromatic rings. The third-order valence-corrected chi connectivity index (χ3v) is 5.87.